The van der Waals surface area contributed by atoms with Crippen molar-refractivity contribution in [2.24, 2.45) is 0 Å². The molecule has 0 bridgehead atoms. The van der Waals surface area contributed by atoms with Gasteiger partial charge >= 0.3 is 0 Å². The number of nitrogens with zero attached hydrogens (tertiary/aromatic N) is 1. The molecule has 2 nitrogen and oxygen atoms in total. The summed E-state index contributed by atoms with van der Waals surface area (Å²) < 4.78 is 0.894. The van der Waals surface area contributed by atoms with Crippen LogP contribution in [0.25, 0.3) is 0 Å². The molecule has 2 rings (SSSR count). The summed E-state index contributed by atoms with van der Waals surface area (Å²) in [4.78, 5) is 3.82. The molecule has 1 aliphatic rings. The Kier molecular flexibility index (Phi) is 5.20. The fourth-order valence-electron chi connectivity index (χ4n) is 1.53. The molecule has 14 heavy (non-hydrogen) atoms. The van der Waals surface area contributed by atoms with Gasteiger partial charge in [0.05, 0.1) is 4.34 Å². The smallest absolute Gasteiger partial charge is 0.0931 e. The van der Waals surface area contributed by atoms with Crippen molar-refractivity contribution >= 4 is 35.3 Å². The molecular formula is C9H14Cl2N2S. The Morgan fingerprint density at radius 1 is 1.36 bits per heavy atom. The van der Waals surface area contributed by atoms with Gasteiger partial charge in [-0.15, -0.1) is 23.7 Å². The first-order valence-corrected chi connectivity index (χ1v) is 5.71. The van der Waals surface area contributed by atoms with Gasteiger partial charge in [-0.25, -0.2) is 0 Å². The Morgan fingerprint density at radius 2 is 2.07 bits per heavy atom. The lowest BCUT2D eigenvalue weighted by atomic mass is 10.3. The molecule has 0 saturated carbocycles. The highest BCUT2D eigenvalue weighted by atomic mass is 35.5. The normalized spacial score (nSPS) is 17.8. The first kappa shape index (κ1) is 12.3. The molecule has 0 atom stereocenters. The van der Waals surface area contributed by atoms with Gasteiger partial charge in [-0.3, -0.25) is 4.90 Å². The molecule has 0 radical (unpaired) electrons. The summed E-state index contributed by atoms with van der Waals surface area (Å²) in [6, 6.07) is 4.10. The molecule has 1 aromatic heterocycles. The van der Waals surface area contributed by atoms with Crippen molar-refractivity contribution in [2.45, 2.75) is 6.54 Å². The second-order valence-corrected chi connectivity index (χ2v) is 5.03. The van der Waals surface area contributed by atoms with Gasteiger partial charge in [0.25, 0.3) is 0 Å². The van der Waals surface area contributed by atoms with E-state index in [2.05, 4.69) is 16.3 Å². The van der Waals surface area contributed by atoms with E-state index in [9.17, 15) is 0 Å². The van der Waals surface area contributed by atoms with Crippen molar-refractivity contribution in [1.82, 2.24) is 10.2 Å². The van der Waals surface area contributed by atoms with Crippen molar-refractivity contribution in [2.75, 3.05) is 26.2 Å². The van der Waals surface area contributed by atoms with Crippen molar-refractivity contribution < 1.29 is 0 Å². The fourth-order valence-corrected chi connectivity index (χ4v) is 2.66. The molecule has 0 amide bonds. The van der Waals surface area contributed by atoms with Crippen LogP contribution in [0.2, 0.25) is 4.34 Å². The number of thiophene rings is 1. The number of nitrogens with one attached hydrogen (secondary N) is 1. The van der Waals surface area contributed by atoms with Gasteiger partial charge in [-0.05, 0) is 12.1 Å². The predicted molar refractivity (Wildman–Crippen MR) is 64.7 cm³/mol. The Hall–Kier alpha value is 0.200. The molecule has 1 saturated heterocycles. The summed E-state index contributed by atoms with van der Waals surface area (Å²) in [5.41, 5.74) is 0. The van der Waals surface area contributed by atoms with Gasteiger partial charge in [0.1, 0.15) is 0 Å². The lowest BCUT2D eigenvalue weighted by Crippen LogP contribution is -2.42. The predicted octanol–water partition coefficient (Wildman–Crippen LogP) is 2.23. The van der Waals surface area contributed by atoms with E-state index in [1.807, 2.05) is 6.07 Å². The number of hydrogen-bond acceptors (Lipinski definition) is 3. The average Bonchev–Trinajstić information content (AvgIpc) is 2.53. The van der Waals surface area contributed by atoms with Crippen molar-refractivity contribution in [3.63, 3.8) is 0 Å². The lowest BCUT2D eigenvalue weighted by molar-refractivity contribution is 0.235. The molecule has 1 aromatic rings. The SMILES string of the molecule is Cl.Clc1ccc(CN2CCNCC2)s1. The molecule has 5 heteroatoms. The van der Waals surface area contributed by atoms with E-state index in [0.29, 0.717) is 0 Å². The van der Waals surface area contributed by atoms with Gasteiger partial charge in [-0.1, -0.05) is 11.6 Å². The molecule has 1 N–H and O–H groups in total. The van der Waals surface area contributed by atoms with Crippen LogP contribution in [0.4, 0.5) is 0 Å². The minimum Gasteiger partial charge on any atom is -0.314 e. The summed E-state index contributed by atoms with van der Waals surface area (Å²) in [6.07, 6.45) is 0. The second kappa shape index (κ2) is 5.93. The fraction of sp³-hybridized carbons (Fsp3) is 0.556. The number of rotatable bonds is 2. The standard InChI is InChI=1S/C9H13ClN2S.ClH/c10-9-2-1-8(13-9)7-12-5-3-11-4-6-12;/h1-2,11H,3-7H2;1H. The molecule has 2 heterocycles. The lowest BCUT2D eigenvalue weighted by Gasteiger charge is -2.26. The van der Waals surface area contributed by atoms with E-state index >= 15 is 0 Å². The first-order chi connectivity index (χ1) is 6.34. The van der Waals surface area contributed by atoms with E-state index in [4.69, 9.17) is 11.6 Å². The van der Waals surface area contributed by atoms with Crippen LogP contribution in [-0.4, -0.2) is 31.1 Å². The molecule has 80 valence electrons. The summed E-state index contributed by atoms with van der Waals surface area (Å²) in [7, 11) is 0. The molecule has 0 unspecified atom stereocenters. The van der Waals surface area contributed by atoms with E-state index in [-0.39, 0.29) is 12.4 Å². The van der Waals surface area contributed by atoms with Gasteiger partial charge < -0.3 is 5.32 Å². The van der Waals surface area contributed by atoms with E-state index in [1.165, 1.54) is 4.88 Å². The van der Waals surface area contributed by atoms with Gasteiger partial charge in [-0.2, -0.15) is 0 Å². The van der Waals surface area contributed by atoms with Crippen LogP contribution < -0.4 is 5.32 Å². The third kappa shape index (κ3) is 3.41. The highest BCUT2D eigenvalue weighted by Gasteiger charge is 2.10. The summed E-state index contributed by atoms with van der Waals surface area (Å²) in [6.45, 7) is 5.57. The van der Waals surface area contributed by atoms with E-state index in [1.54, 1.807) is 11.3 Å². The Bertz CT molecular complexity index is 272. The number of piperazine rings is 1. The summed E-state index contributed by atoms with van der Waals surface area (Å²) in [5.74, 6) is 0. The second-order valence-electron chi connectivity index (χ2n) is 3.23. The van der Waals surface area contributed by atoms with Gasteiger partial charge in [0.15, 0.2) is 0 Å². The molecule has 0 spiro atoms. The molecular weight excluding hydrogens is 239 g/mol. The Labute approximate surface area is 99.7 Å². The average molecular weight is 253 g/mol. The Balaban J connectivity index is 0.000000980. The molecule has 0 aliphatic carbocycles. The van der Waals surface area contributed by atoms with Crippen LogP contribution in [0.1, 0.15) is 4.88 Å². The maximum atomic E-state index is 5.87. The third-order valence-electron chi connectivity index (χ3n) is 2.22. The van der Waals surface area contributed by atoms with Crippen LogP contribution in [-0.2, 0) is 6.54 Å². The monoisotopic (exact) mass is 252 g/mol. The minimum absolute atomic E-state index is 0. The van der Waals surface area contributed by atoms with Crippen LogP contribution in [0, 0.1) is 0 Å². The highest BCUT2D eigenvalue weighted by Crippen LogP contribution is 2.22. The minimum atomic E-state index is 0. The third-order valence-corrected chi connectivity index (χ3v) is 3.43. The maximum Gasteiger partial charge on any atom is 0.0931 e. The van der Waals surface area contributed by atoms with Gasteiger partial charge in [0, 0.05) is 37.6 Å². The maximum absolute atomic E-state index is 5.87. The summed E-state index contributed by atoms with van der Waals surface area (Å²) in [5, 5.41) is 3.34. The van der Waals surface area contributed by atoms with Crippen molar-refractivity contribution in [3.05, 3.63) is 21.3 Å². The van der Waals surface area contributed by atoms with Crippen molar-refractivity contribution in [1.29, 1.82) is 0 Å². The summed E-state index contributed by atoms with van der Waals surface area (Å²) >= 11 is 7.55. The molecule has 1 fully saturated rings. The number of halogens is 2. The highest BCUT2D eigenvalue weighted by molar-refractivity contribution is 7.16. The van der Waals surface area contributed by atoms with Crippen molar-refractivity contribution in [3.8, 4) is 0 Å². The van der Waals surface area contributed by atoms with E-state index in [0.717, 1.165) is 37.1 Å². The van der Waals surface area contributed by atoms with Crippen LogP contribution in [0.3, 0.4) is 0 Å². The Morgan fingerprint density at radius 3 is 2.64 bits per heavy atom. The molecule has 1 aliphatic heterocycles. The van der Waals surface area contributed by atoms with Crippen LogP contribution in [0.5, 0.6) is 0 Å². The zero-order valence-electron chi connectivity index (χ0n) is 7.83. The van der Waals surface area contributed by atoms with Crippen LogP contribution >= 0.6 is 35.3 Å². The zero-order chi connectivity index (χ0) is 9.10. The topological polar surface area (TPSA) is 15.3 Å². The zero-order valence-corrected chi connectivity index (χ0v) is 10.2. The number of hydrogen-bond donors (Lipinski definition) is 1. The van der Waals surface area contributed by atoms with Crippen LogP contribution in [0.15, 0.2) is 12.1 Å². The van der Waals surface area contributed by atoms with Gasteiger partial charge in [0.2, 0.25) is 0 Å². The quantitative estimate of drug-likeness (QED) is 0.869. The molecule has 0 aromatic carbocycles. The first-order valence-electron chi connectivity index (χ1n) is 4.52. The largest absolute Gasteiger partial charge is 0.314 e. The van der Waals surface area contributed by atoms with E-state index < -0.39 is 0 Å².